The van der Waals surface area contributed by atoms with Crippen LogP contribution >= 0.6 is 35.4 Å². The van der Waals surface area contributed by atoms with E-state index >= 15 is 0 Å². The number of rotatable bonds is 4. The molecule has 0 aromatic heterocycles. The molecule has 2 nitrogen and oxygen atoms in total. The van der Waals surface area contributed by atoms with Gasteiger partial charge in [-0.25, -0.2) is 4.39 Å². The van der Waals surface area contributed by atoms with Gasteiger partial charge >= 0.3 is 0 Å². The summed E-state index contributed by atoms with van der Waals surface area (Å²) in [5.41, 5.74) is 6.77. The van der Waals surface area contributed by atoms with Crippen molar-refractivity contribution in [1.82, 2.24) is 0 Å². The van der Waals surface area contributed by atoms with Crippen molar-refractivity contribution in [2.75, 3.05) is 0 Å². The third-order valence-corrected chi connectivity index (χ3v) is 3.43. The van der Waals surface area contributed by atoms with E-state index in [9.17, 15) is 4.39 Å². The fourth-order valence-electron chi connectivity index (χ4n) is 1.58. The van der Waals surface area contributed by atoms with Crippen molar-refractivity contribution in [2.24, 2.45) is 5.73 Å². The number of halogens is 3. The average molecular weight is 330 g/mol. The maximum atomic E-state index is 13.3. The van der Waals surface area contributed by atoms with E-state index in [1.165, 1.54) is 12.1 Å². The van der Waals surface area contributed by atoms with E-state index in [1.807, 2.05) is 0 Å². The van der Waals surface area contributed by atoms with Gasteiger partial charge in [-0.05, 0) is 35.9 Å². The van der Waals surface area contributed by atoms with Crippen molar-refractivity contribution in [2.45, 2.75) is 6.61 Å². The molecule has 0 unspecified atom stereocenters. The maximum Gasteiger partial charge on any atom is 0.142 e. The summed E-state index contributed by atoms with van der Waals surface area (Å²) in [6, 6.07) is 9.50. The number of benzene rings is 2. The highest BCUT2D eigenvalue weighted by Gasteiger charge is 2.06. The van der Waals surface area contributed by atoms with Gasteiger partial charge < -0.3 is 10.5 Å². The summed E-state index contributed by atoms with van der Waals surface area (Å²) in [6.07, 6.45) is 0. The fourth-order valence-corrected chi connectivity index (χ4v) is 2.21. The molecule has 104 valence electrons. The van der Waals surface area contributed by atoms with Gasteiger partial charge in [0.15, 0.2) is 0 Å². The molecule has 0 aliphatic heterocycles. The van der Waals surface area contributed by atoms with Crippen LogP contribution in [0.3, 0.4) is 0 Å². The van der Waals surface area contributed by atoms with Crippen LogP contribution < -0.4 is 10.5 Å². The predicted molar refractivity (Wildman–Crippen MR) is 83.1 cm³/mol. The zero-order valence-electron chi connectivity index (χ0n) is 10.2. The molecule has 2 aromatic rings. The molecule has 2 N–H and O–H groups in total. The molecule has 0 bridgehead atoms. The van der Waals surface area contributed by atoms with E-state index in [1.54, 1.807) is 24.3 Å². The van der Waals surface area contributed by atoms with Crippen LogP contribution in [0.15, 0.2) is 36.4 Å². The molecule has 0 amide bonds. The lowest BCUT2D eigenvalue weighted by molar-refractivity contribution is 0.305. The summed E-state index contributed by atoms with van der Waals surface area (Å²) in [6.45, 7) is 0.205. The lowest BCUT2D eigenvalue weighted by Crippen LogP contribution is -2.09. The SMILES string of the molecule is NC(=S)c1ccc(OCc2ccc(Cl)c(F)c2)cc1Cl. The molecule has 0 aliphatic rings. The standard InChI is InChI=1S/C14H10Cl2FNOS/c15-11-4-1-8(5-13(11)17)7-19-9-2-3-10(14(18)20)12(16)6-9/h1-6H,7H2,(H2,18,20). The quantitative estimate of drug-likeness (QED) is 0.847. The van der Waals surface area contributed by atoms with Crippen molar-refractivity contribution in [1.29, 1.82) is 0 Å². The topological polar surface area (TPSA) is 35.2 Å². The van der Waals surface area contributed by atoms with Crippen LogP contribution in [-0.2, 0) is 6.61 Å². The lowest BCUT2D eigenvalue weighted by atomic mass is 10.2. The molecule has 0 saturated carbocycles. The van der Waals surface area contributed by atoms with Gasteiger partial charge in [-0.3, -0.25) is 0 Å². The van der Waals surface area contributed by atoms with Crippen LogP contribution in [0.4, 0.5) is 4.39 Å². The van der Waals surface area contributed by atoms with E-state index in [0.29, 0.717) is 21.9 Å². The highest BCUT2D eigenvalue weighted by Crippen LogP contribution is 2.24. The monoisotopic (exact) mass is 329 g/mol. The molecule has 2 aromatic carbocycles. The first kappa shape index (κ1) is 15.0. The number of hydrogen-bond acceptors (Lipinski definition) is 2. The molecule has 2 rings (SSSR count). The van der Waals surface area contributed by atoms with Crippen molar-refractivity contribution in [3.63, 3.8) is 0 Å². The molecule has 6 heteroatoms. The summed E-state index contributed by atoms with van der Waals surface area (Å²) in [5, 5.41) is 0.495. The van der Waals surface area contributed by atoms with Gasteiger partial charge in [0.05, 0.1) is 10.0 Å². The average Bonchev–Trinajstić information content (AvgIpc) is 2.40. The Morgan fingerprint density at radius 2 is 1.90 bits per heavy atom. The van der Waals surface area contributed by atoms with Crippen LogP contribution in [0, 0.1) is 5.82 Å². The number of hydrogen-bond donors (Lipinski definition) is 1. The van der Waals surface area contributed by atoms with Gasteiger partial charge in [0.2, 0.25) is 0 Å². The first-order valence-electron chi connectivity index (χ1n) is 5.63. The van der Waals surface area contributed by atoms with Gasteiger partial charge in [0, 0.05) is 5.56 Å². The fraction of sp³-hybridized carbons (Fsp3) is 0.0714. The van der Waals surface area contributed by atoms with Crippen molar-refractivity contribution in [3.8, 4) is 5.75 Å². The van der Waals surface area contributed by atoms with E-state index in [4.69, 9.17) is 45.9 Å². The predicted octanol–water partition coefficient (Wildman–Crippen LogP) is 4.35. The first-order valence-corrected chi connectivity index (χ1v) is 6.80. The Morgan fingerprint density at radius 3 is 2.50 bits per heavy atom. The van der Waals surface area contributed by atoms with Crippen molar-refractivity contribution in [3.05, 3.63) is 63.4 Å². The van der Waals surface area contributed by atoms with Crippen LogP contribution in [0.2, 0.25) is 10.0 Å². The van der Waals surface area contributed by atoms with Crippen LogP contribution in [-0.4, -0.2) is 4.99 Å². The molecule has 0 saturated heterocycles. The van der Waals surface area contributed by atoms with Crippen LogP contribution in [0.5, 0.6) is 5.75 Å². The Kier molecular flexibility index (Phi) is 4.81. The molecular formula is C14H10Cl2FNOS. The molecule has 0 radical (unpaired) electrons. The summed E-state index contributed by atoms with van der Waals surface area (Å²) >= 11 is 16.5. The van der Waals surface area contributed by atoms with Gasteiger partial charge in [-0.2, -0.15) is 0 Å². The minimum absolute atomic E-state index is 0.0811. The van der Waals surface area contributed by atoms with Crippen molar-refractivity contribution < 1.29 is 9.13 Å². The van der Waals surface area contributed by atoms with Gasteiger partial charge in [-0.15, -0.1) is 0 Å². The Labute approximate surface area is 131 Å². The molecule has 0 fully saturated rings. The smallest absolute Gasteiger partial charge is 0.142 e. The summed E-state index contributed by atoms with van der Waals surface area (Å²) in [4.78, 5) is 0.223. The Hall–Kier alpha value is -1.36. The number of nitrogens with two attached hydrogens (primary N) is 1. The van der Waals surface area contributed by atoms with E-state index in [2.05, 4.69) is 0 Å². The number of ether oxygens (including phenoxy) is 1. The molecule has 0 heterocycles. The molecule has 0 atom stereocenters. The minimum atomic E-state index is -0.477. The normalized spacial score (nSPS) is 10.3. The minimum Gasteiger partial charge on any atom is -0.489 e. The highest BCUT2D eigenvalue weighted by atomic mass is 35.5. The van der Waals surface area contributed by atoms with Crippen LogP contribution in [0.1, 0.15) is 11.1 Å². The first-order chi connectivity index (χ1) is 9.47. The van der Waals surface area contributed by atoms with Crippen LogP contribution in [0.25, 0.3) is 0 Å². The second kappa shape index (κ2) is 6.39. The van der Waals surface area contributed by atoms with Crippen molar-refractivity contribution >= 4 is 40.4 Å². The van der Waals surface area contributed by atoms with Gasteiger partial charge in [-0.1, -0.05) is 41.5 Å². The molecule has 20 heavy (non-hydrogen) atoms. The highest BCUT2D eigenvalue weighted by molar-refractivity contribution is 7.80. The largest absolute Gasteiger partial charge is 0.489 e. The molecule has 0 spiro atoms. The Bertz CT molecular complexity index is 664. The van der Waals surface area contributed by atoms with E-state index < -0.39 is 5.82 Å². The summed E-state index contributed by atoms with van der Waals surface area (Å²) in [5.74, 6) is 0.0694. The lowest BCUT2D eigenvalue weighted by Gasteiger charge is -2.09. The molecular weight excluding hydrogens is 320 g/mol. The Balaban J connectivity index is 2.09. The van der Waals surface area contributed by atoms with E-state index in [0.717, 1.165) is 0 Å². The van der Waals surface area contributed by atoms with Gasteiger partial charge in [0.1, 0.15) is 23.2 Å². The second-order valence-electron chi connectivity index (χ2n) is 4.04. The molecule has 0 aliphatic carbocycles. The third-order valence-electron chi connectivity index (χ3n) is 2.60. The maximum absolute atomic E-state index is 13.3. The van der Waals surface area contributed by atoms with E-state index in [-0.39, 0.29) is 16.6 Å². The Morgan fingerprint density at radius 1 is 1.15 bits per heavy atom. The zero-order chi connectivity index (χ0) is 14.7. The number of thiocarbonyl (C=S) groups is 1. The third kappa shape index (κ3) is 3.60. The zero-order valence-corrected chi connectivity index (χ0v) is 12.5. The summed E-state index contributed by atoms with van der Waals surface area (Å²) in [7, 11) is 0. The second-order valence-corrected chi connectivity index (χ2v) is 5.30. The summed E-state index contributed by atoms with van der Waals surface area (Å²) < 4.78 is 18.8. The van der Waals surface area contributed by atoms with Gasteiger partial charge in [0.25, 0.3) is 0 Å².